The van der Waals surface area contributed by atoms with E-state index in [9.17, 15) is 0 Å². The fraction of sp³-hybridized carbons (Fsp3) is 0.476. The van der Waals surface area contributed by atoms with E-state index in [4.69, 9.17) is 26.7 Å². The number of piperidine rings is 1. The largest absolute Gasteiger partial charge is 0.439 e. The van der Waals surface area contributed by atoms with Gasteiger partial charge in [-0.2, -0.15) is 9.97 Å². The van der Waals surface area contributed by atoms with Crippen LogP contribution in [0.3, 0.4) is 0 Å². The molecule has 1 aromatic carbocycles. The molecule has 7 nitrogen and oxygen atoms in total. The molecule has 0 spiro atoms. The van der Waals surface area contributed by atoms with Crippen molar-refractivity contribution in [2.24, 2.45) is 0 Å². The van der Waals surface area contributed by atoms with Crippen LogP contribution in [0.5, 0.6) is 11.6 Å². The van der Waals surface area contributed by atoms with Gasteiger partial charge in [-0.3, -0.25) is 0 Å². The van der Waals surface area contributed by atoms with Gasteiger partial charge in [0.2, 0.25) is 11.8 Å². The minimum Gasteiger partial charge on any atom is -0.439 e. The van der Waals surface area contributed by atoms with Crippen molar-refractivity contribution >= 4 is 29.1 Å². The number of methoxy groups -OCH3 is 1. The predicted octanol–water partition coefficient (Wildman–Crippen LogP) is 3.97. The normalized spacial score (nSPS) is 16.3. The number of benzene rings is 1. The quantitative estimate of drug-likeness (QED) is 0.496. The van der Waals surface area contributed by atoms with Crippen LogP contribution in [0.4, 0.5) is 11.8 Å². The lowest BCUT2D eigenvalue weighted by atomic mass is 10.0. The number of rotatable bonds is 8. The molecule has 0 amide bonds. The summed E-state index contributed by atoms with van der Waals surface area (Å²) in [5, 5.41) is 6.72. The first-order chi connectivity index (χ1) is 14.2. The van der Waals surface area contributed by atoms with Crippen LogP contribution < -0.4 is 20.3 Å². The molecule has 2 heterocycles. The summed E-state index contributed by atoms with van der Waals surface area (Å²) in [7, 11) is 1.69. The van der Waals surface area contributed by atoms with E-state index in [1.807, 2.05) is 36.4 Å². The third kappa shape index (κ3) is 6.54. The number of hydrogen-bond acceptors (Lipinski definition) is 6. The van der Waals surface area contributed by atoms with Crippen molar-refractivity contribution in [1.82, 2.24) is 15.3 Å². The zero-order valence-electron chi connectivity index (χ0n) is 17.1. The van der Waals surface area contributed by atoms with Gasteiger partial charge in [0.1, 0.15) is 11.6 Å². The monoisotopic (exact) mass is 415 g/mol. The molecule has 1 atom stereocenters. The Labute approximate surface area is 177 Å². The van der Waals surface area contributed by atoms with Gasteiger partial charge in [0.15, 0.2) is 5.11 Å². The average molecular weight is 416 g/mol. The molecule has 2 aromatic rings. The molecule has 29 heavy (non-hydrogen) atoms. The van der Waals surface area contributed by atoms with Crippen molar-refractivity contribution in [3.63, 3.8) is 0 Å². The van der Waals surface area contributed by atoms with Crippen LogP contribution in [0.2, 0.25) is 0 Å². The highest BCUT2D eigenvalue weighted by Crippen LogP contribution is 2.28. The van der Waals surface area contributed by atoms with E-state index in [2.05, 4.69) is 27.4 Å². The zero-order chi connectivity index (χ0) is 20.5. The minimum absolute atomic E-state index is 0.426. The maximum atomic E-state index is 5.98. The van der Waals surface area contributed by atoms with Gasteiger partial charge in [-0.05, 0) is 57.0 Å². The molecule has 0 bridgehead atoms. The van der Waals surface area contributed by atoms with Crippen molar-refractivity contribution in [2.45, 2.75) is 38.6 Å². The number of anilines is 2. The summed E-state index contributed by atoms with van der Waals surface area (Å²) >= 11 is 5.38. The van der Waals surface area contributed by atoms with Crippen LogP contribution in [0.15, 0.2) is 36.4 Å². The van der Waals surface area contributed by atoms with Gasteiger partial charge in [0.05, 0.1) is 0 Å². The maximum Gasteiger partial charge on any atom is 0.234 e. The summed E-state index contributed by atoms with van der Waals surface area (Å²) in [5.74, 6) is 2.50. The Morgan fingerprint density at radius 1 is 1.24 bits per heavy atom. The maximum absolute atomic E-state index is 5.98. The van der Waals surface area contributed by atoms with Gasteiger partial charge >= 0.3 is 0 Å². The molecular weight excluding hydrogens is 386 g/mol. The Morgan fingerprint density at radius 2 is 2.07 bits per heavy atom. The van der Waals surface area contributed by atoms with E-state index in [-0.39, 0.29) is 0 Å². The van der Waals surface area contributed by atoms with E-state index in [1.54, 1.807) is 7.11 Å². The molecule has 0 saturated carbocycles. The van der Waals surface area contributed by atoms with Gasteiger partial charge < -0.3 is 25.0 Å². The highest BCUT2D eigenvalue weighted by molar-refractivity contribution is 7.80. The number of ether oxygens (including phenoxy) is 2. The molecule has 3 rings (SSSR count). The second kappa shape index (κ2) is 10.9. The van der Waals surface area contributed by atoms with E-state index < -0.39 is 0 Å². The summed E-state index contributed by atoms with van der Waals surface area (Å²) in [6, 6.07) is 11.9. The minimum atomic E-state index is 0.426. The standard InChI is InChI=1S/C21H29N5O2S/c1-16-9-6-7-13-26(16)18-15-19(28-17-10-4-3-5-11-17)24-20(23-18)25-21(29)22-12-8-14-27-2/h3-5,10-11,15-16H,6-9,12-14H2,1-2H3,(H2,22,23,24,25,29)/t16-/m1/s1. The molecule has 1 saturated heterocycles. The molecule has 1 aliphatic heterocycles. The molecule has 0 unspecified atom stereocenters. The highest BCUT2D eigenvalue weighted by atomic mass is 32.1. The highest BCUT2D eigenvalue weighted by Gasteiger charge is 2.21. The number of thiocarbonyl (C=S) groups is 1. The molecule has 0 radical (unpaired) electrons. The number of hydrogen-bond donors (Lipinski definition) is 2. The van der Waals surface area contributed by atoms with Crippen LogP contribution in [0.1, 0.15) is 32.6 Å². The fourth-order valence-corrected chi connectivity index (χ4v) is 3.47. The molecule has 1 aliphatic rings. The number of nitrogens with zero attached hydrogens (tertiary/aromatic N) is 3. The second-order valence-electron chi connectivity index (χ2n) is 7.07. The van der Waals surface area contributed by atoms with Gasteiger partial charge in [0, 0.05) is 38.9 Å². The smallest absolute Gasteiger partial charge is 0.234 e. The van der Waals surface area contributed by atoms with Crippen LogP contribution in [0, 0.1) is 0 Å². The van der Waals surface area contributed by atoms with Crippen LogP contribution in [-0.4, -0.2) is 47.9 Å². The zero-order valence-corrected chi connectivity index (χ0v) is 17.9. The lowest BCUT2D eigenvalue weighted by Crippen LogP contribution is -2.38. The second-order valence-corrected chi connectivity index (χ2v) is 7.48. The van der Waals surface area contributed by atoms with Gasteiger partial charge in [-0.1, -0.05) is 18.2 Å². The molecule has 0 aliphatic carbocycles. The Bertz CT molecular complexity index is 790. The summed E-state index contributed by atoms with van der Waals surface area (Å²) in [6.45, 7) is 4.61. The third-order valence-electron chi connectivity index (χ3n) is 4.79. The molecule has 2 N–H and O–H groups in total. The van der Waals surface area contributed by atoms with Crippen molar-refractivity contribution in [3.8, 4) is 11.6 Å². The Hall–Kier alpha value is -2.45. The first-order valence-corrected chi connectivity index (χ1v) is 10.5. The van der Waals surface area contributed by atoms with Crippen molar-refractivity contribution in [1.29, 1.82) is 0 Å². The van der Waals surface area contributed by atoms with Gasteiger partial charge in [0.25, 0.3) is 0 Å². The molecule has 1 aromatic heterocycles. The SMILES string of the molecule is COCCCNC(=S)Nc1nc(Oc2ccccc2)cc(N2CCCC[C@H]2C)n1. The Morgan fingerprint density at radius 3 is 2.83 bits per heavy atom. The lowest BCUT2D eigenvalue weighted by molar-refractivity contribution is 0.196. The van der Waals surface area contributed by atoms with Gasteiger partial charge in [-0.25, -0.2) is 0 Å². The van der Waals surface area contributed by atoms with E-state index in [1.165, 1.54) is 6.42 Å². The van der Waals surface area contributed by atoms with E-state index >= 15 is 0 Å². The first kappa shape index (κ1) is 21.3. The van der Waals surface area contributed by atoms with Gasteiger partial charge in [-0.15, -0.1) is 0 Å². The first-order valence-electron chi connectivity index (χ1n) is 10.1. The summed E-state index contributed by atoms with van der Waals surface area (Å²) < 4.78 is 11.0. The average Bonchev–Trinajstić information content (AvgIpc) is 2.72. The summed E-state index contributed by atoms with van der Waals surface area (Å²) in [4.78, 5) is 11.5. The van der Waals surface area contributed by atoms with Crippen molar-refractivity contribution in [3.05, 3.63) is 36.4 Å². The summed E-state index contributed by atoms with van der Waals surface area (Å²) in [6.07, 6.45) is 4.43. The molecule has 8 heteroatoms. The molecule has 156 valence electrons. The van der Waals surface area contributed by atoms with Crippen molar-refractivity contribution in [2.75, 3.05) is 37.0 Å². The topological polar surface area (TPSA) is 71.5 Å². The number of nitrogens with one attached hydrogen (secondary N) is 2. The third-order valence-corrected chi connectivity index (χ3v) is 5.03. The molecule has 1 fully saturated rings. The van der Waals surface area contributed by atoms with Crippen LogP contribution >= 0.6 is 12.2 Å². The number of aromatic nitrogens is 2. The lowest BCUT2D eigenvalue weighted by Gasteiger charge is -2.34. The van der Waals surface area contributed by atoms with Crippen LogP contribution in [-0.2, 0) is 4.74 Å². The number of para-hydroxylation sites is 1. The molecular formula is C21H29N5O2S. The van der Waals surface area contributed by atoms with E-state index in [0.29, 0.717) is 29.6 Å². The fourth-order valence-electron chi connectivity index (χ4n) is 3.28. The summed E-state index contributed by atoms with van der Waals surface area (Å²) in [5.41, 5.74) is 0. The Kier molecular flexibility index (Phi) is 8.01. The van der Waals surface area contributed by atoms with Crippen LogP contribution in [0.25, 0.3) is 0 Å². The van der Waals surface area contributed by atoms with Crippen molar-refractivity contribution < 1.29 is 9.47 Å². The predicted molar refractivity (Wildman–Crippen MR) is 120 cm³/mol. The van der Waals surface area contributed by atoms with E-state index in [0.717, 1.165) is 43.9 Å². The Balaban J connectivity index is 1.77.